The van der Waals surface area contributed by atoms with Gasteiger partial charge in [0.05, 0.1) is 0 Å². The molecule has 0 fully saturated rings. The minimum absolute atomic E-state index is 0. The summed E-state index contributed by atoms with van der Waals surface area (Å²) in [5.74, 6) is 0. The molecule has 0 atom stereocenters. The Morgan fingerprint density at radius 2 is 1.00 bits per heavy atom. The van der Waals surface area contributed by atoms with Gasteiger partial charge in [0.2, 0.25) is 0 Å². The summed E-state index contributed by atoms with van der Waals surface area (Å²) >= 11 is 0. The highest BCUT2D eigenvalue weighted by atomic mass is 35.5. The van der Waals surface area contributed by atoms with Gasteiger partial charge in [-0.05, 0) is 0 Å². The van der Waals surface area contributed by atoms with E-state index in [1.807, 2.05) is 0 Å². The molecular formula is C2H2Cl2N2. The van der Waals surface area contributed by atoms with E-state index < -0.39 is 0 Å². The van der Waals surface area contributed by atoms with Crippen LogP contribution in [0.5, 0.6) is 0 Å². The molecule has 0 spiro atoms. The van der Waals surface area contributed by atoms with E-state index in [0.717, 1.165) is 0 Å². The van der Waals surface area contributed by atoms with Gasteiger partial charge in [-0.1, -0.05) is 0 Å². The zero-order chi connectivity index (χ0) is 3.41. The molecule has 0 aliphatic carbocycles. The summed E-state index contributed by atoms with van der Waals surface area (Å²) in [6.45, 7) is 0. The van der Waals surface area contributed by atoms with E-state index in [-0.39, 0.29) is 24.8 Å². The molecule has 0 saturated carbocycles. The summed E-state index contributed by atoms with van der Waals surface area (Å²) in [7, 11) is 0. The van der Waals surface area contributed by atoms with Gasteiger partial charge >= 0.3 is 0 Å². The van der Waals surface area contributed by atoms with Gasteiger partial charge in [0.1, 0.15) is 0 Å². The molecule has 6 heavy (non-hydrogen) atoms. The van der Waals surface area contributed by atoms with Crippen LogP contribution in [0.1, 0.15) is 0 Å². The van der Waals surface area contributed by atoms with Crippen molar-refractivity contribution in [1.82, 2.24) is 0 Å². The van der Waals surface area contributed by atoms with E-state index in [9.17, 15) is 0 Å². The van der Waals surface area contributed by atoms with Crippen LogP contribution in [0.4, 0.5) is 0 Å². The Labute approximate surface area is 48.2 Å². The van der Waals surface area contributed by atoms with Crippen molar-refractivity contribution in [2.75, 3.05) is 0 Å². The second-order valence-electron chi connectivity index (χ2n) is 0.224. The summed E-state index contributed by atoms with van der Waals surface area (Å²) in [5, 5.41) is 14.5. The molecule has 0 aromatic rings. The van der Waals surface area contributed by atoms with Gasteiger partial charge in [-0.15, -0.1) is 24.8 Å². The summed E-state index contributed by atoms with van der Waals surface area (Å²) in [6, 6.07) is 2.47. The van der Waals surface area contributed by atoms with Crippen LogP contribution in [0.15, 0.2) is 0 Å². The van der Waals surface area contributed by atoms with Gasteiger partial charge in [-0.25, -0.2) is 0 Å². The van der Waals surface area contributed by atoms with Crippen molar-refractivity contribution in [3.63, 3.8) is 0 Å². The van der Waals surface area contributed by atoms with E-state index in [0.29, 0.717) is 0 Å². The molecule has 0 aliphatic rings. The second-order valence-corrected chi connectivity index (χ2v) is 0.224. The van der Waals surface area contributed by atoms with Gasteiger partial charge in [-0.3, -0.25) is 0 Å². The van der Waals surface area contributed by atoms with Crippen molar-refractivity contribution in [2.45, 2.75) is 0 Å². The lowest BCUT2D eigenvalue weighted by Crippen LogP contribution is -1.26. The van der Waals surface area contributed by atoms with Gasteiger partial charge in [0.25, 0.3) is 0 Å². The maximum Gasteiger partial charge on any atom is 0.181 e. The Morgan fingerprint density at radius 1 is 0.833 bits per heavy atom. The van der Waals surface area contributed by atoms with Crippen molar-refractivity contribution < 1.29 is 0 Å². The number of nitriles is 2. The Hall–Kier alpha value is -0.440. The zero-order valence-corrected chi connectivity index (χ0v) is 4.34. The van der Waals surface area contributed by atoms with Crippen LogP contribution in [0.25, 0.3) is 0 Å². The molecule has 0 unspecified atom stereocenters. The third kappa shape index (κ3) is 74.4. The summed E-state index contributed by atoms with van der Waals surface area (Å²) in [6.07, 6.45) is 0. The Balaban J connectivity index is -0.0000000450. The Morgan fingerprint density at radius 3 is 1.00 bits per heavy atom. The van der Waals surface area contributed by atoms with Crippen LogP contribution in [-0.4, -0.2) is 0 Å². The molecule has 0 bridgehead atoms. The van der Waals surface area contributed by atoms with Crippen molar-refractivity contribution in [2.24, 2.45) is 0 Å². The third-order valence-electron chi connectivity index (χ3n) is 0.0500. The van der Waals surface area contributed by atoms with Crippen molar-refractivity contribution in [1.29, 1.82) is 10.5 Å². The van der Waals surface area contributed by atoms with Crippen molar-refractivity contribution in [3.8, 4) is 12.1 Å². The van der Waals surface area contributed by atoms with Gasteiger partial charge in [-0.2, -0.15) is 10.5 Å². The lowest BCUT2D eigenvalue weighted by molar-refractivity contribution is 1.49. The van der Waals surface area contributed by atoms with Crippen LogP contribution in [-0.2, 0) is 0 Å². The van der Waals surface area contributed by atoms with E-state index in [2.05, 4.69) is 0 Å². The highest BCUT2D eigenvalue weighted by molar-refractivity contribution is 5.85. The predicted octanol–water partition coefficient (Wildman–Crippen LogP) is 0.877. The van der Waals surface area contributed by atoms with E-state index >= 15 is 0 Å². The number of halogens is 2. The first-order valence-corrected chi connectivity index (χ1v) is 0.697. The molecule has 2 nitrogen and oxygen atoms in total. The first-order chi connectivity index (χ1) is 1.91. The van der Waals surface area contributed by atoms with Crippen LogP contribution in [0.3, 0.4) is 0 Å². The first kappa shape index (κ1) is 17.6. The molecule has 0 aromatic carbocycles. The molecule has 34 valence electrons. The number of hydrogen-bond acceptors (Lipinski definition) is 2. The maximum absolute atomic E-state index is 7.26. The van der Waals surface area contributed by atoms with Gasteiger partial charge < -0.3 is 0 Å². The van der Waals surface area contributed by atoms with Gasteiger partial charge in [0, 0.05) is 0 Å². The largest absolute Gasteiger partial charge is 0.181 e. The second kappa shape index (κ2) is 23.7. The van der Waals surface area contributed by atoms with Crippen molar-refractivity contribution >= 4 is 24.8 Å². The van der Waals surface area contributed by atoms with Crippen LogP contribution in [0, 0.1) is 22.7 Å². The fourth-order valence-electron chi connectivity index (χ4n) is 0. The fourth-order valence-corrected chi connectivity index (χ4v) is 0. The van der Waals surface area contributed by atoms with Gasteiger partial charge in [0.15, 0.2) is 12.1 Å². The molecule has 0 aliphatic heterocycles. The molecular weight excluding hydrogens is 123 g/mol. The SMILES string of the molecule is Cl.Cl.N#CC#N. The summed E-state index contributed by atoms with van der Waals surface area (Å²) in [5.41, 5.74) is 0. The Kier molecular flexibility index (Phi) is 69.8. The molecule has 0 N–H and O–H groups in total. The zero-order valence-electron chi connectivity index (χ0n) is 2.71. The van der Waals surface area contributed by atoms with E-state index in [1.54, 1.807) is 0 Å². The number of hydrogen-bond donors (Lipinski definition) is 0. The smallest absolute Gasteiger partial charge is 0.181 e. The average Bonchev–Trinajstić information content (AvgIpc) is 1.37. The van der Waals surface area contributed by atoms with E-state index in [4.69, 9.17) is 10.5 Å². The normalized spacial score (nSPS) is 1.67. The summed E-state index contributed by atoms with van der Waals surface area (Å²) in [4.78, 5) is 0. The predicted molar refractivity (Wildman–Crippen MR) is 25.7 cm³/mol. The van der Waals surface area contributed by atoms with Crippen LogP contribution in [0.2, 0.25) is 0 Å². The molecule has 0 aromatic heterocycles. The summed E-state index contributed by atoms with van der Waals surface area (Å²) < 4.78 is 0. The monoisotopic (exact) mass is 124 g/mol. The molecule has 0 heterocycles. The highest BCUT2D eigenvalue weighted by Gasteiger charge is 1.39. The molecule has 0 radical (unpaired) electrons. The minimum Gasteiger partial charge on any atom is -0.181 e. The Bertz CT molecular complexity index is 64.5. The topological polar surface area (TPSA) is 47.6 Å². The number of nitrogens with zero attached hydrogens (tertiary/aromatic N) is 2. The fraction of sp³-hybridized carbons (Fsp3) is 0. The molecule has 0 amide bonds. The molecule has 0 rings (SSSR count). The lowest BCUT2D eigenvalue weighted by Gasteiger charge is -1.16. The number of rotatable bonds is 0. The highest BCUT2D eigenvalue weighted by Crippen LogP contribution is 1.27. The lowest BCUT2D eigenvalue weighted by atomic mass is 10.9. The molecule has 4 heteroatoms. The van der Waals surface area contributed by atoms with E-state index in [1.165, 1.54) is 12.1 Å². The van der Waals surface area contributed by atoms with Crippen LogP contribution < -0.4 is 0 Å². The quantitative estimate of drug-likeness (QED) is 0.482. The maximum atomic E-state index is 7.26. The van der Waals surface area contributed by atoms with Crippen LogP contribution >= 0.6 is 24.8 Å². The average molecular weight is 125 g/mol. The van der Waals surface area contributed by atoms with Crippen molar-refractivity contribution in [3.05, 3.63) is 0 Å². The standard InChI is InChI=1S/C2N2.2ClH/c3-1-2-4;;/h;2*1H. The third-order valence-corrected chi connectivity index (χ3v) is 0.0500. The first-order valence-electron chi connectivity index (χ1n) is 0.697. The minimum atomic E-state index is 0. The molecule has 0 saturated heterocycles.